The van der Waals surface area contributed by atoms with Crippen molar-refractivity contribution in [2.24, 2.45) is 0 Å². The van der Waals surface area contributed by atoms with Crippen LogP contribution in [-0.4, -0.2) is 12.4 Å². The molecule has 0 unspecified atom stereocenters. The van der Waals surface area contributed by atoms with Crippen LogP contribution in [0.15, 0.2) is 91.0 Å². The molecule has 4 aromatic rings. The van der Waals surface area contributed by atoms with Gasteiger partial charge in [-0.05, 0) is 52.7 Å². The Morgan fingerprint density at radius 3 is 2.16 bits per heavy atom. The van der Waals surface area contributed by atoms with Crippen LogP contribution in [0.5, 0.6) is 5.75 Å². The summed E-state index contributed by atoms with van der Waals surface area (Å²) in [6.07, 6.45) is -4.77. The molecule has 156 valence electrons. The summed E-state index contributed by atoms with van der Waals surface area (Å²) in [5, 5.41) is 7.60. The van der Waals surface area contributed by atoms with Gasteiger partial charge in [0.1, 0.15) is 5.75 Å². The molecule has 2 N–H and O–H groups in total. The Labute approximate surface area is 176 Å². The molecule has 31 heavy (non-hydrogen) atoms. The van der Waals surface area contributed by atoms with Crippen LogP contribution in [0, 0.1) is 0 Å². The van der Waals surface area contributed by atoms with Crippen molar-refractivity contribution in [2.45, 2.75) is 6.36 Å². The fraction of sp³-hybridized carbons (Fsp3) is 0.0417. The number of halogens is 3. The second-order valence-corrected chi connectivity index (χ2v) is 6.76. The van der Waals surface area contributed by atoms with Gasteiger partial charge >= 0.3 is 12.4 Å². The van der Waals surface area contributed by atoms with Crippen LogP contribution in [0.4, 0.5) is 29.3 Å². The summed E-state index contributed by atoms with van der Waals surface area (Å²) in [5.74, 6) is -0.361. The number of alkyl halides is 3. The zero-order valence-corrected chi connectivity index (χ0v) is 16.1. The van der Waals surface area contributed by atoms with E-state index in [1.165, 1.54) is 12.1 Å². The Hall–Kier alpha value is -4.00. The second-order valence-electron chi connectivity index (χ2n) is 6.76. The van der Waals surface area contributed by atoms with Crippen molar-refractivity contribution in [1.29, 1.82) is 0 Å². The van der Waals surface area contributed by atoms with E-state index in [4.69, 9.17) is 0 Å². The number of hydrogen-bond donors (Lipinski definition) is 2. The Bertz CT molecular complexity index is 1220. The molecular weight excluding hydrogens is 405 g/mol. The van der Waals surface area contributed by atoms with Crippen molar-refractivity contribution in [3.05, 3.63) is 91.0 Å². The van der Waals surface area contributed by atoms with Gasteiger partial charge in [0.25, 0.3) is 0 Å². The number of carbonyl (C=O) groups is 1. The van der Waals surface area contributed by atoms with Gasteiger partial charge in [-0.15, -0.1) is 13.2 Å². The van der Waals surface area contributed by atoms with Crippen molar-refractivity contribution in [1.82, 2.24) is 0 Å². The molecule has 0 bridgehead atoms. The third-order valence-corrected chi connectivity index (χ3v) is 4.58. The number of para-hydroxylation sites is 1. The van der Waals surface area contributed by atoms with Crippen molar-refractivity contribution < 1.29 is 22.7 Å². The van der Waals surface area contributed by atoms with E-state index in [2.05, 4.69) is 15.4 Å². The van der Waals surface area contributed by atoms with Gasteiger partial charge in [-0.1, -0.05) is 54.6 Å². The number of amides is 2. The Balaban J connectivity index is 1.50. The van der Waals surface area contributed by atoms with Crippen LogP contribution in [0.2, 0.25) is 0 Å². The highest BCUT2D eigenvalue weighted by Gasteiger charge is 2.30. The lowest BCUT2D eigenvalue weighted by molar-refractivity contribution is -0.274. The Kier molecular flexibility index (Phi) is 5.49. The lowest BCUT2D eigenvalue weighted by atomic mass is 10.00. The molecule has 0 aliphatic heterocycles. The number of nitrogens with one attached hydrogen (secondary N) is 2. The summed E-state index contributed by atoms with van der Waals surface area (Å²) in [5.41, 5.74) is 2.73. The van der Waals surface area contributed by atoms with Gasteiger partial charge in [-0.3, -0.25) is 0 Å². The molecule has 4 rings (SSSR count). The Morgan fingerprint density at radius 1 is 0.742 bits per heavy atom. The van der Waals surface area contributed by atoms with Crippen molar-refractivity contribution in [3.8, 4) is 16.9 Å². The fourth-order valence-corrected chi connectivity index (χ4v) is 3.23. The molecule has 0 saturated carbocycles. The SMILES string of the molecule is O=C(Nc1ccc(OC(F)(F)F)cc1)Nc1ccccc1-c1ccc2ccccc2c1. The molecule has 0 aliphatic carbocycles. The van der Waals surface area contributed by atoms with Gasteiger partial charge in [-0.25, -0.2) is 4.79 Å². The van der Waals surface area contributed by atoms with Crippen LogP contribution in [0.3, 0.4) is 0 Å². The maximum Gasteiger partial charge on any atom is 0.573 e. The van der Waals surface area contributed by atoms with Crippen LogP contribution >= 0.6 is 0 Å². The van der Waals surface area contributed by atoms with E-state index in [0.717, 1.165) is 34.0 Å². The van der Waals surface area contributed by atoms with E-state index < -0.39 is 12.4 Å². The molecule has 7 heteroatoms. The first-order valence-corrected chi connectivity index (χ1v) is 9.39. The van der Waals surface area contributed by atoms with Crippen LogP contribution in [-0.2, 0) is 0 Å². The van der Waals surface area contributed by atoms with Crippen molar-refractivity contribution in [2.75, 3.05) is 10.6 Å². The van der Waals surface area contributed by atoms with Crippen LogP contribution < -0.4 is 15.4 Å². The summed E-state index contributed by atoms with van der Waals surface area (Å²) in [7, 11) is 0. The summed E-state index contributed by atoms with van der Waals surface area (Å²) in [6.45, 7) is 0. The van der Waals surface area contributed by atoms with Gasteiger partial charge in [0.2, 0.25) is 0 Å². The van der Waals surface area contributed by atoms with Gasteiger partial charge in [0.15, 0.2) is 0 Å². The topological polar surface area (TPSA) is 50.4 Å². The fourth-order valence-electron chi connectivity index (χ4n) is 3.23. The molecule has 2 amide bonds. The minimum Gasteiger partial charge on any atom is -0.406 e. The van der Waals surface area contributed by atoms with Gasteiger partial charge < -0.3 is 15.4 Å². The highest BCUT2D eigenvalue weighted by Crippen LogP contribution is 2.30. The molecule has 4 nitrogen and oxygen atoms in total. The highest BCUT2D eigenvalue weighted by atomic mass is 19.4. The lowest BCUT2D eigenvalue weighted by Gasteiger charge is -2.13. The monoisotopic (exact) mass is 422 g/mol. The maximum absolute atomic E-state index is 12.5. The molecule has 0 spiro atoms. The molecule has 0 aliphatic rings. The number of fused-ring (bicyclic) bond motifs is 1. The molecule has 0 fully saturated rings. The van der Waals surface area contributed by atoms with Gasteiger partial charge in [0, 0.05) is 11.3 Å². The predicted octanol–water partition coefficient (Wildman–Crippen LogP) is 7.05. The molecular formula is C24H17F3N2O2. The maximum atomic E-state index is 12.5. The minimum atomic E-state index is -4.77. The standard InChI is InChI=1S/C24H17F3N2O2/c25-24(26,27)31-20-13-11-19(12-14-20)28-23(30)29-22-8-4-3-7-21(22)18-10-9-16-5-1-2-6-17(16)15-18/h1-15H,(H2,28,29,30). The normalized spacial score (nSPS) is 11.2. The molecule has 0 saturated heterocycles. The number of ether oxygens (including phenoxy) is 1. The number of rotatable bonds is 4. The summed E-state index contributed by atoms with van der Waals surface area (Å²) in [4.78, 5) is 12.5. The molecule has 0 heterocycles. The van der Waals surface area contributed by atoms with Crippen molar-refractivity contribution in [3.63, 3.8) is 0 Å². The first-order valence-electron chi connectivity index (χ1n) is 9.39. The summed E-state index contributed by atoms with van der Waals surface area (Å²) in [6, 6.07) is 25.8. The zero-order chi connectivity index (χ0) is 21.8. The lowest BCUT2D eigenvalue weighted by Crippen LogP contribution is -2.20. The van der Waals surface area contributed by atoms with E-state index in [1.807, 2.05) is 60.7 Å². The average Bonchev–Trinajstić information content (AvgIpc) is 2.74. The van der Waals surface area contributed by atoms with E-state index in [1.54, 1.807) is 6.07 Å². The predicted molar refractivity (Wildman–Crippen MR) is 115 cm³/mol. The quantitative estimate of drug-likeness (QED) is 0.370. The van der Waals surface area contributed by atoms with Crippen molar-refractivity contribution >= 4 is 28.2 Å². The summed E-state index contributed by atoms with van der Waals surface area (Å²) >= 11 is 0. The van der Waals surface area contributed by atoms with Gasteiger partial charge in [0.05, 0.1) is 5.69 Å². The average molecular weight is 422 g/mol. The van der Waals surface area contributed by atoms with E-state index in [-0.39, 0.29) is 5.75 Å². The molecule has 0 atom stereocenters. The van der Waals surface area contributed by atoms with E-state index >= 15 is 0 Å². The van der Waals surface area contributed by atoms with E-state index in [9.17, 15) is 18.0 Å². The number of hydrogen-bond acceptors (Lipinski definition) is 2. The third-order valence-electron chi connectivity index (χ3n) is 4.58. The van der Waals surface area contributed by atoms with Crippen LogP contribution in [0.25, 0.3) is 21.9 Å². The Morgan fingerprint density at radius 2 is 1.42 bits per heavy atom. The zero-order valence-electron chi connectivity index (χ0n) is 16.1. The number of anilines is 2. The minimum absolute atomic E-state index is 0.329. The second kappa shape index (κ2) is 8.39. The first kappa shape index (κ1) is 20.3. The number of urea groups is 1. The van der Waals surface area contributed by atoms with Crippen LogP contribution in [0.1, 0.15) is 0 Å². The number of carbonyl (C=O) groups excluding carboxylic acids is 1. The van der Waals surface area contributed by atoms with E-state index in [0.29, 0.717) is 11.4 Å². The highest BCUT2D eigenvalue weighted by molar-refractivity contribution is 6.02. The first-order chi connectivity index (χ1) is 14.9. The number of benzene rings is 4. The molecule has 0 aromatic heterocycles. The molecule has 0 radical (unpaired) electrons. The third kappa shape index (κ3) is 5.14. The smallest absolute Gasteiger partial charge is 0.406 e. The largest absolute Gasteiger partial charge is 0.573 e. The van der Waals surface area contributed by atoms with Gasteiger partial charge in [-0.2, -0.15) is 0 Å². The summed E-state index contributed by atoms with van der Waals surface area (Å²) < 4.78 is 40.6. The molecule has 4 aromatic carbocycles.